The van der Waals surface area contributed by atoms with Crippen molar-refractivity contribution in [3.05, 3.63) is 39.8 Å². The number of hydrogen-bond acceptors (Lipinski definition) is 5. The average molecular weight is 290 g/mol. The standard InChI is InChI=1S/C15H18N2O2S/c1-3-11-7-16-15(20-11)9(2)17-13-8-19-14-6-10(18)4-5-12(13)14/h4-7,9,13,17-18H,3,8H2,1-2H3. The van der Waals surface area contributed by atoms with Crippen LogP contribution in [0, 0.1) is 0 Å². The van der Waals surface area contributed by atoms with Gasteiger partial charge in [0.05, 0.1) is 12.1 Å². The smallest absolute Gasteiger partial charge is 0.127 e. The van der Waals surface area contributed by atoms with Crippen molar-refractivity contribution in [1.82, 2.24) is 10.3 Å². The summed E-state index contributed by atoms with van der Waals surface area (Å²) < 4.78 is 5.62. The zero-order valence-corrected chi connectivity index (χ0v) is 12.4. The number of nitrogens with zero attached hydrogens (tertiary/aromatic N) is 1. The average Bonchev–Trinajstić information content (AvgIpc) is 3.05. The maximum Gasteiger partial charge on any atom is 0.127 e. The summed E-state index contributed by atoms with van der Waals surface area (Å²) in [5.74, 6) is 1.01. The second kappa shape index (κ2) is 5.42. The molecule has 0 saturated carbocycles. The first-order valence-electron chi connectivity index (χ1n) is 6.83. The van der Waals surface area contributed by atoms with Crippen LogP contribution >= 0.6 is 11.3 Å². The summed E-state index contributed by atoms with van der Waals surface area (Å²) in [6.07, 6.45) is 2.98. The van der Waals surface area contributed by atoms with Gasteiger partial charge in [-0.3, -0.25) is 5.32 Å². The van der Waals surface area contributed by atoms with Crippen molar-refractivity contribution in [2.45, 2.75) is 32.4 Å². The van der Waals surface area contributed by atoms with E-state index in [4.69, 9.17) is 4.74 Å². The van der Waals surface area contributed by atoms with Crippen LogP contribution in [0.15, 0.2) is 24.4 Å². The highest BCUT2D eigenvalue weighted by atomic mass is 32.1. The molecule has 2 atom stereocenters. The lowest BCUT2D eigenvalue weighted by molar-refractivity contribution is 0.300. The minimum absolute atomic E-state index is 0.148. The van der Waals surface area contributed by atoms with E-state index in [0.717, 1.165) is 22.7 Å². The van der Waals surface area contributed by atoms with Crippen LogP contribution in [0.2, 0.25) is 0 Å². The Morgan fingerprint density at radius 1 is 1.55 bits per heavy atom. The third-order valence-electron chi connectivity index (χ3n) is 3.52. The lowest BCUT2D eigenvalue weighted by Gasteiger charge is -2.16. The predicted octanol–water partition coefficient (Wildman–Crippen LogP) is 3.20. The largest absolute Gasteiger partial charge is 0.508 e. The van der Waals surface area contributed by atoms with E-state index >= 15 is 0 Å². The molecular formula is C15H18N2O2S. The molecule has 4 nitrogen and oxygen atoms in total. The van der Waals surface area contributed by atoms with Crippen molar-refractivity contribution in [3.8, 4) is 11.5 Å². The predicted molar refractivity (Wildman–Crippen MR) is 79.4 cm³/mol. The van der Waals surface area contributed by atoms with Crippen LogP contribution in [0.1, 0.15) is 41.4 Å². The topological polar surface area (TPSA) is 54.4 Å². The van der Waals surface area contributed by atoms with Gasteiger partial charge in [0.25, 0.3) is 0 Å². The molecule has 1 aliphatic heterocycles. The molecule has 1 aromatic carbocycles. The Balaban J connectivity index is 1.73. The SMILES string of the molecule is CCc1cnc(C(C)NC2COc3cc(O)ccc32)s1. The molecule has 0 fully saturated rings. The number of hydrogen-bond donors (Lipinski definition) is 2. The quantitative estimate of drug-likeness (QED) is 0.908. The van der Waals surface area contributed by atoms with Crippen molar-refractivity contribution in [2.75, 3.05) is 6.61 Å². The van der Waals surface area contributed by atoms with Crippen LogP contribution in [0.3, 0.4) is 0 Å². The number of fused-ring (bicyclic) bond motifs is 1. The highest BCUT2D eigenvalue weighted by molar-refractivity contribution is 7.11. The van der Waals surface area contributed by atoms with Gasteiger partial charge in [-0.15, -0.1) is 11.3 Å². The number of aromatic nitrogens is 1. The Morgan fingerprint density at radius 3 is 3.15 bits per heavy atom. The summed E-state index contributed by atoms with van der Waals surface area (Å²) in [5.41, 5.74) is 1.10. The fourth-order valence-corrected chi connectivity index (χ4v) is 3.26. The van der Waals surface area contributed by atoms with E-state index < -0.39 is 0 Å². The van der Waals surface area contributed by atoms with Crippen molar-refractivity contribution >= 4 is 11.3 Å². The van der Waals surface area contributed by atoms with E-state index in [0.29, 0.717) is 6.61 Å². The Labute approximate surface area is 122 Å². The molecule has 0 spiro atoms. The monoisotopic (exact) mass is 290 g/mol. The Kier molecular flexibility index (Phi) is 3.63. The van der Waals surface area contributed by atoms with Gasteiger partial charge in [-0.2, -0.15) is 0 Å². The lowest BCUT2D eigenvalue weighted by Crippen LogP contribution is -2.25. The molecule has 0 saturated heterocycles. The lowest BCUT2D eigenvalue weighted by atomic mass is 10.1. The minimum Gasteiger partial charge on any atom is -0.508 e. The summed E-state index contributed by atoms with van der Waals surface area (Å²) in [6, 6.07) is 5.62. The highest BCUT2D eigenvalue weighted by Crippen LogP contribution is 2.36. The number of phenols is 1. The van der Waals surface area contributed by atoms with Gasteiger partial charge in [-0.05, 0) is 25.5 Å². The van der Waals surface area contributed by atoms with Crippen molar-refractivity contribution in [2.24, 2.45) is 0 Å². The van der Waals surface area contributed by atoms with Gasteiger partial charge in [0.1, 0.15) is 23.1 Å². The molecule has 2 heterocycles. The molecule has 0 radical (unpaired) electrons. The summed E-state index contributed by atoms with van der Waals surface area (Å²) in [7, 11) is 0. The van der Waals surface area contributed by atoms with E-state index in [-0.39, 0.29) is 17.8 Å². The molecule has 0 bridgehead atoms. The molecule has 1 aromatic heterocycles. The van der Waals surface area contributed by atoms with E-state index in [1.54, 1.807) is 23.5 Å². The van der Waals surface area contributed by atoms with E-state index in [2.05, 4.69) is 24.1 Å². The Hall–Kier alpha value is -1.59. The zero-order chi connectivity index (χ0) is 14.1. The third kappa shape index (κ3) is 2.51. The normalized spacial score (nSPS) is 18.6. The number of aromatic hydroxyl groups is 1. The van der Waals surface area contributed by atoms with Gasteiger partial charge in [0.2, 0.25) is 0 Å². The van der Waals surface area contributed by atoms with E-state index in [9.17, 15) is 5.11 Å². The van der Waals surface area contributed by atoms with Crippen LogP contribution in [0.25, 0.3) is 0 Å². The van der Waals surface area contributed by atoms with Crippen LogP contribution < -0.4 is 10.1 Å². The molecule has 2 unspecified atom stereocenters. The first kappa shape index (κ1) is 13.4. The van der Waals surface area contributed by atoms with Gasteiger partial charge in [0.15, 0.2) is 0 Å². The van der Waals surface area contributed by atoms with Gasteiger partial charge in [-0.1, -0.05) is 6.92 Å². The van der Waals surface area contributed by atoms with Crippen LogP contribution in [-0.2, 0) is 6.42 Å². The van der Waals surface area contributed by atoms with E-state index in [1.807, 2.05) is 12.3 Å². The maximum atomic E-state index is 9.46. The number of nitrogens with one attached hydrogen (secondary N) is 1. The molecule has 2 N–H and O–H groups in total. The molecule has 2 aromatic rings. The third-order valence-corrected chi connectivity index (χ3v) is 4.84. The molecule has 0 aliphatic carbocycles. The second-order valence-corrected chi connectivity index (χ2v) is 6.14. The summed E-state index contributed by atoms with van der Waals surface area (Å²) in [4.78, 5) is 5.78. The number of rotatable bonds is 4. The van der Waals surface area contributed by atoms with Crippen LogP contribution in [-0.4, -0.2) is 16.7 Å². The van der Waals surface area contributed by atoms with Gasteiger partial charge in [-0.25, -0.2) is 4.98 Å². The maximum absolute atomic E-state index is 9.46. The van der Waals surface area contributed by atoms with Crippen LogP contribution in [0.4, 0.5) is 0 Å². The number of benzene rings is 1. The number of aryl methyl sites for hydroxylation is 1. The molecule has 5 heteroatoms. The summed E-state index contributed by atoms with van der Waals surface area (Å²) in [5, 5.41) is 14.1. The first-order valence-corrected chi connectivity index (χ1v) is 7.65. The molecule has 0 amide bonds. The van der Waals surface area contributed by atoms with Crippen molar-refractivity contribution in [1.29, 1.82) is 0 Å². The van der Waals surface area contributed by atoms with Gasteiger partial charge >= 0.3 is 0 Å². The fourth-order valence-electron chi connectivity index (χ4n) is 2.40. The van der Waals surface area contributed by atoms with Crippen molar-refractivity contribution in [3.63, 3.8) is 0 Å². The molecule has 1 aliphatic rings. The Bertz CT molecular complexity index is 612. The zero-order valence-electron chi connectivity index (χ0n) is 11.6. The summed E-state index contributed by atoms with van der Waals surface area (Å²) in [6.45, 7) is 4.86. The molecule has 20 heavy (non-hydrogen) atoms. The molecule has 106 valence electrons. The Morgan fingerprint density at radius 2 is 2.40 bits per heavy atom. The molecular weight excluding hydrogens is 272 g/mol. The van der Waals surface area contributed by atoms with Gasteiger partial charge in [0, 0.05) is 22.7 Å². The molecule has 3 rings (SSSR count). The number of thiazole rings is 1. The highest BCUT2D eigenvalue weighted by Gasteiger charge is 2.26. The first-order chi connectivity index (χ1) is 9.67. The van der Waals surface area contributed by atoms with Crippen molar-refractivity contribution < 1.29 is 9.84 Å². The number of ether oxygens (including phenoxy) is 1. The van der Waals surface area contributed by atoms with Crippen LogP contribution in [0.5, 0.6) is 11.5 Å². The van der Waals surface area contributed by atoms with Gasteiger partial charge < -0.3 is 9.84 Å². The second-order valence-electron chi connectivity index (χ2n) is 4.99. The minimum atomic E-state index is 0.148. The summed E-state index contributed by atoms with van der Waals surface area (Å²) >= 11 is 1.75. The number of phenolic OH excluding ortho intramolecular Hbond substituents is 1. The fraction of sp³-hybridized carbons (Fsp3) is 0.400. The van der Waals surface area contributed by atoms with E-state index in [1.165, 1.54) is 4.88 Å².